The van der Waals surface area contributed by atoms with Crippen LogP contribution in [-0.2, 0) is 0 Å². The average Bonchev–Trinajstić information content (AvgIpc) is 2.14. The standard InChI is InChI=1S/C4H3N2S/c5-4-6-2-1-3-7-6/h1-3H. The van der Waals surface area contributed by atoms with Crippen LogP contribution in [0.4, 0.5) is 0 Å². The molecule has 0 aliphatic carbocycles. The molecule has 0 unspecified atom stereocenters. The third kappa shape index (κ3) is 0.875. The van der Waals surface area contributed by atoms with E-state index in [2.05, 4.69) is 0 Å². The SMILES string of the molecule is N#CN1C=C[CH]S1. The Morgan fingerprint density at radius 1 is 1.71 bits per heavy atom. The number of hydrogen-bond acceptors (Lipinski definition) is 3. The maximum atomic E-state index is 8.15. The Bertz CT molecular complexity index is 124. The molecule has 1 heterocycles. The molecule has 1 aliphatic rings. The lowest BCUT2D eigenvalue weighted by atomic mass is 10.7. The van der Waals surface area contributed by atoms with Crippen molar-refractivity contribution in [2.24, 2.45) is 0 Å². The average molecular weight is 111 g/mol. The Morgan fingerprint density at radius 2 is 2.57 bits per heavy atom. The van der Waals surface area contributed by atoms with Crippen molar-refractivity contribution in [1.29, 1.82) is 5.26 Å². The van der Waals surface area contributed by atoms with Crippen molar-refractivity contribution in [3.05, 3.63) is 18.0 Å². The fourth-order valence-electron chi connectivity index (χ4n) is 0.306. The second kappa shape index (κ2) is 1.90. The maximum Gasteiger partial charge on any atom is 0.194 e. The van der Waals surface area contributed by atoms with Crippen molar-refractivity contribution in [2.45, 2.75) is 0 Å². The van der Waals surface area contributed by atoms with Crippen LogP contribution in [0, 0.1) is 17.2 Å². The zero-order chi connectivity index (χ0) is 5.11. The molecule has 0 fully saturated rings. The molecule has 0 aromatic heterocycles. The molecule has 0 aromatic carbocycles. The molecule has 0 amide bonds. The molecule has 3 heteroatoms. The van der Waals surface area contributed by atoms with Crippen molar-refractivity contribution in [2.75, 3.05) is 0 Å². The Labute approximate surface area is 46.5 Å². The summed E-state index contributed by atoms with van der Waals surface area (Å²) in [5, 5.41) is 8.15. The summed E-state index contributed by atoms with van der Waals surface area (Å²) in [5.74, 6) is 1.85. The Kier molecular flexibility index (Phi) is 1.23. The summed E-state index contributed by atoms with van der Waals surface area (Å²) in [6.45, 7) is 0. The van der Waals surface area contributed by atoms with E-state index in [0.717, 1.165) is 0 Å². The molecule has 0 N–H and O–H groups in total. The normalized spacial score (nSPS) is 17.3. The molecule has 2 nitrogen and oxygen atoms in total. The van der Waals surface area contributed by atoms with Gasteiger partial charge in [-0.3, -0.25) is 0 Å². The van der Waals surface area contributed by atoms with Crippen LogP contribution < -0.4 is 0 Å². The number of rotatable bonds is 0. The van der Waals surface area contributed by atoms with Crippen LogP contribution in [0.1, 0.15) is 0 Å². The van der Waals surface area contributed by atoms with E-state index in [-0.39, 0.29) is 0 Å². The van der Waals surface area contributed by atoms with Crippen LogP contribution in [0.2, 0.25) is 0 Å². The summed E-state index contributed by atoms with van der Waals surface area (Å²) in [4.78, 5) is 0. The van der Waals surface area contributed by atoms with Crippen molar-refractivity contribution in [1.82, 2.24) is 4.31 Å². The number of nitrogens with zero attached hydrogens (tertiary/aromatic N) is 2. The molecular weight excluding hydrogens is 108 g/mol. The van der Waals surface area contributed by atoms with Crippen LogP contribution in [0.15, 0.2) is 12.3 Å². The molecule has 7 heavy (non-hydrogen) atoms. The molecule has 0 saturated heterocycles. The van der Waals surface area contributed by atoms with E-state index in [1.165, 1.54) is 16.3 Å². The van der Waals surface area contributed by atoms with E-state index in [4.69, 9.17) is 5.26 Å². The lowest BCUT2D eigenvalue weighted by Crippen LogP contribution is -1.89. The van der Waals surface area contributed by atoms with Crippen LogP contribution >= 0.6 is 11.9 Å². The van der Waals surface area contributed by atoms with Gasteiger partial charge in [0.05, 0.1) is 5.75 Å². The number of nitriles is 1. The van der Waals surface area contributed by atoms with Gasteiger partial charge in [0.25, 0.3) is 0 Å². The zero-order valence-electron chi connectivity index (χ0n) is 3.53. The van der Waals surface area contributed by atoms with Gasteiger partial charge in [-0.2, -0.15) is 5.26 Å². The van der Waals surface area contributed by atoms with Crippen LogP contribution in [-0.4, -0.2) is 4.31 Å². The second-order valence-corrected chi connectivity index (χ2v) is 1.89. The van der Waals surface area contributed by atoms with Gasteiger partial charge in [-0.05, 0) is 11.9 Å². The van der Waals surface area contributed by atoms with Crippen molar-refractivity contribution in [3.63, 3.8) is 0 Å². The predicted molar refractivity (Wildman–Crippen MR) is 28.5 cm³/mol. The van der Waals surface area contributed by atoms with Gasteiger partial charge in [-0.1, -0.05) is 6.08 Å². The van der Waals surface area contributed by atoms with Gasteiger partial charge in [0.2, 0.25) is 0 Å². The highest BCUT2D eigenvalue weighted by Crippen LogP contribution is 2.19. The lowest BCUT2D eigenvalue weighted by Gasteiger charge is -1.95. The summed E-state index contributed by atoms with van der Waals surface area (Å²) < 4.78 is 1.47. The molecule has 0 saturated carbocycles. The minimum atomic E-state index is 1.38. The summed E-state index contributed by atoms with van der Waals surface area (Å²) in [6, 6.07) is 0. The van der Waals surface area contributed by atoms with Crippen molar-refractivity contribution in [3.8, 4) is 6.19 Å². The third-order valence-corrected chi connectivity index (χ3v) is 1.28. The smallest absolute Gasteiger partial charge is 0.194 e. The zero-order valence-corrected chi connectivity index (χ0v) is 4.35. The molecule has 0 atom stereocenters. The van der Waals surface area contributed by atoms with Crippen LogP contribution in [0.3, 0.4) is 0 Å². The van der Waals surface area contributed by atoms with E-state index in [9.17, 15) is 0 Å². The van der Waals surface area contributed by atoms with E-state index in [1.54, 1.807) is 6.20 Å². The Morgan fingerprint density at radius 3 is 2.86 bits per heavy atom. The van der Waals surface area contributed by atoms with Crippen molar-refractivity contribution >= 4 is 11.9 Å². The molecular formula is C4H3N2S. The monoisotopic (exact) mass is 111 g/mol. The first-order valence-electron chi connectivity index (χ1n) is 1.79. The minimum Gasteiger partial charge on any atom is -0.228 e. The predicted octanol–water partition coefficient (Wildman–Crippen LogP) is 1.11. The topological polar surface area (TPSA) is 27.0 Å². The molecule has 35 valence electrons. The summed E-state index contributed by atoms with van der Waals surface area (Å²) in [6.07, 6.45) is 5.48. The lowest BCUT2D eigenvalue weighted by molar-refractivity contribution is 0.893. The highest BCUT2D eigenvalue weighted by molar-refractivity contribution is 7.99. The fourth-order valence-corrected chi connectivity index (χ4v) is 0.765. The first-order valence-corrected chi connectivity index (χ1v) is 2.63. The first-order chi connectivity index (χ1) is 3.43. The van der Waals surface area contributed by atoms with Gasteiger partial charge in [-0.15, -0.1) is 0 Å². The minimum absolute atomic E-state index is 1.38. The van der Waals surface area contributed by atoms with E-state index in [1.807, 2.05) is 18.0 Å². The van der Waals surface area contributed by atoms with Gasteiger partial charge in [0, 0.05) is 6.20 Å². The maximum absolute atomic E-state index is 8.15. The third-order valence-electron chi connectivity index (χ3n) is 0.573. The van der Waals surface area contributed by atoms with E-state index in [0.29, 0.717) is 0 Å². The quantitative estimate of drug-likeness (QED) is 0.346. The molecule has 0 spiro atoms. The van der Waals surface area contributed by atoms with Gasteiger partial charge in [0.15, 0.2) is 6.19 Å². The van der Waals surface area contributed by atoms with Crippen LogP contribution in [0.5, 0.6) is 0 Å². The molecule has 0 aromatic rings. The summed E-state index contributed by atoms with van der Waals surface area (Å²) in [5.41, 5.74) is 0. The van der Waals surface area contributed by atoms with Gasteiger partial charge in [-0.25, -0.2) is 4.31 Å². The second-order valence-electron chi connectivity index (χ2n) is 1.01. The van der Waals surface area contributed by atoms with Crippen molar-refractivity contribution < 1.29 is 0 Å². The largest absolute Gasteiger partial charge is 0.228 e. The van der Waals surface area contributed by atoms with Gasteiger partial charge < -0.3 is 0 Å². The molecule has 0 bridgehead atoms. The highest BCUT2D eigenvalue weighted by atomic mass is 32.2. The fraction of sp³-hybridized carbons (Fsp3) is 0. The van der Waals surface area contributed by atoms with Gasteiger partial charge in [0.1, 0.15) is 0 Å². The van der Waals surface area contributed by atoms with Gasteiger partial charge >= 0.3 is 0 Å². The highest BCUT2D eigenvalue weighted by Gasteiger charge is 2.00. The van der Waals surface area contributed by atoms with Crippen LogP contribution in [0.25, 0.3) is 0 Å². The summed E-state index contributed by atoms with van der Waals surface area (Å²) in [7, 11) is 0. The molecule has 1 radical (unpaired) electrons. The first kappa shape index (κ1) is 4.54. The summed E-state index contributed by atoms with van der Waals surface area (Å²) >= 11 is 1.38. The van der Waals surface area contributed by atoms with E-state index < -0.39 is 0 Å². The van der Waals surface area contributed by atoms with E-state index >= 15 is 0 Å². The molecule has 1 aliphatic heterocycles. The number of hydrogen-bond donors (Lipinski definition) is 0. The Balaban J connectivity index is 2.47. The Hall–Kier alpha value is -0.620. The molecule has 1 rings (SSSR count).